The van der Waals surface area contributed by atoms with E-state index in [0.29, 0.717) is 0 Å². The molecule has 1 aliphatic heterocycles. The Hall–Kier alpha value is -1.71. The fraction of sp³-hybridized carbons (Fsp3) is 0.522. The molecule has 1 aromatic heterocycles. The fourth-order valence-corrected chi connectivity index (χ4v) is 4.38. The average Bonchev–Trinajstić information content (AvgIpc) is 3.12. The Morgan fingerprint density at radius 2 is 1.85 bits per heavy atom. The first kappa shape index (κ1) is 17.7. The van der Waals surface area contributed by atoms with Crippen LogP contribution in [0.4, 0.5) is 0 Å². The van der Waals surface area contributed by atoms with E-state index in [4.69, 9.17) is 0 Å². The van der Waals surface area contributed by atoms with Crippen molar-refractivity contribution in [1.82, 2.24) is 15.2 Å². The van der Waals surface area contributed by atoms with Gasteiger partial charge in [-0.2, -0.15) is 0 Å². The summed E-state index contributed by atoms with van der Waals surface area (Å²) in [5.74, 6) is 1.59. The van der Waals surface area contributed by atoms with Gasteiger partial charge in [0.15, 0.2) is 0 Å². The summed E-state index contributed by atoms with van der Waals surface area (Å²) in [5, 5.41) is 3.62. The highest BCUT2D eigenvalue weighted by Gasteiger charge is 2.29. The predicted molar refractivity (Wildman–Crippen MR) is 107 cm³/mol. The lowest BCUT2D eigenvalue weighted by atomic mass is 9.71. The molecule has 1 aromatic carbocycles. The summed E-state index contributed by atoms with van der Waals surface area (Å²) in [4.78, 5) is 6.93. The molecule has 1 saturated heterocycles. The summed E-state index contributed by atoms with van der Waals surface area (Å²) < 4.78 is 0. The summed E-state index contributed by atoms with van der Waals surface area (Å²) in [6, 6.07) is 13.6. The Morgan fingerprint density at radius 1 is 1.08 bits per heavy atom. The Balaban J connectivity index is 1.19. The lowest BCUT2D eigenvalue weighted by Gasteiger charge is -2.36. The van der Waals surface area contributed by atoms with Gasteiger partial charge >= 0.3 is 0 Å². The van der Waals surface area contributed by atoms with Crippen LogP contribution in [0.1, 0.15) is 54.0 Å². The second kappa shape index (κ2) is 8.32. The molecule has 3 nitrogen and oxygen atoms in total. The van der Waals surface area contributed by atoms with E-state index in [0.717, 1.165) is 37.2 Å². The van der Waals surface area contributed by atoms with Crippen molar-refractivity contribution in [2.24, 2.45) is 5.92 Å². The standard InChI is InChI=1S/C23H31N3/c1-18-22(5-4-10-25-18)16-24-15-20-13-23(14-20)21-8-6-19(7-9-21)17-26-11-2-3-12-26/h4-10,20,23-24H,2-3,11-17H2,1H3. The molecule has 3 heteroatoms. The number of aromatic nitrogens is 1. The molecule has 0 spiro atoms. The average molecular weight is 350 g/mol. The number of aryl methyl sites for hydroxylation is 1. The molecular weight excluding hydrogens is 318 g/mol. The van der Waals surface area contributed by atoms with E-state index in [2.05, 4.69) is 52.5 Å². The summed E-state index contributed by atoms with van der Waals surface area (Å²) in [6.07, 6.45) is 7.26. The molecule has 1 N–H and O–H groups in total. The Morgan fingerprint density at radius 3 is 2.58 bits per heavy atom. The van der Waals surface area contributed by atoms with Crippen LogP contribution >= 0.6 is 0 Å². The molecule has 0 unspecified atom stereocenters. The quantitative estimate of drug-likeness (QED) is 0.809. The van der Waals surface area contributed by atoms with Gasteiger partial charge in [0, 0.05) is 25.0 Å². The van der Waals surface area contributed by atoms with Gasteiger partial charge in [0.05, 0.1) is 0 Å². The van der Waals surface area contributed by atoms with Crippen molar-refractivity contribution >= 4 is 0 Å². The maximum Gasteiger partial charge on any atom is 0.0417 e. The van der Waals surface area contributed by atoms with E-state index in [1.54, 1.807) is 0 Å². The molecule has 2 heterocycles. The fourth-order valence-electron chi connectivity index (χ4n) is 4.38. The molecule has 26 heavy (non-hydrogen) atoms. The lowest BCUT2D eigenvalue weighted by molar-refractivity contribution is 0.254. The number of nitrogens with zero attached hydrogens (tertiary/aromatic N) is 2. The largest absolute Gasteiger partial charge is 0.312 e. The second-order valence-electron chi connectivity index (χ2n) is 8.14. The molecule has 4 rings (SSSR count). The van der Waals surface area contributed by atoms with Crippen LogP contribution in [0, 0.1) is 12.8 Å². The van der Waals surface area contributed by atoms with Crippen LogP contribution in [0.2, 0.25) is 0 Å². The predicted octanol–water partition coefficient (Wildman–Crippen LogP) is 4.27. The zero-order chi connectivity index (χ0) is 17.8. The second-order valence-corrected chi connectivity index (χ2v) is 8.14. The third kappa shape index (κ3) is 4.33. The number of benzene rings is 1. The van der Waals surface area contributed by atoms with Crippen LogP contribution in [-0.4, -0.2) is 29.5 Å². The van der Waals surface area contributed by atoms with Crippen LogP contribution in [-0.2, 0) is 13.1 Å². The lowest BCUT2D eigenvalue weighted by Crippen LogP contribution is -2.32. The first-order valence-electron chi connectivity index (χ1n) is 10.2. The first-order chi connectivity index (χ1) is 12.8. The Labute approximate surface area is 157 Å². The van der Waals surface area contributed by atoms with E-state index in [1.165, 1.54) is 55.5 Å². The van der Waals surface area contributed by atoms with E-state index in [9.17, 15) is 0 Å². The third-order valence-electron chi connectivity index (χ3n) is 6.16. The van der Waals surface area contributed by atoms with E-state index >= 15 is 0 Å². The number of nitrogens with one attached hydrogen (secondary N) is 1. The number of hydrogen-bond acceptors (Lipinski definition) is 3. The van der Waals surface area contributed by atoms with Crippen LogP contribution < -0.4 is 5.32 Å². The van der Waals surface area contributed by atoms with Crippen molar-refractivity contribution < 1.29 is 0 Å². The number of rotatable bonds is 7. The van der Waals surface area contributed by atoms with Crippen molar-refractivity contribution in [3.63, 3.8) is 0 Å². The van der Waals surface area contributed by atoms with Crippen molar-refractivity contribution in [2.75, 3.05) is 19.6 Å². The number of likely N-dealkylation sites (tertiary alicyclic amines) is 1. The van der Waals surface area contributed by atoms with Gasteiger partial charge in [-0.15, -0.1) is 0 Å². The monoisotopic (exact) mass is 349 g/mol. The van der Waals surface area contributed by atoms with E-state index < -0.39 is 0 Å². The molecule has 2 aromatic rings. The minimum absolute atomic E-state index is 0.766. The zero-order valence-corrected chi connectivity index (χ0v) is 16.0. The minimum Gasteiger partial charge on any atom is -0.312 e. The van der Waals surface area contributed by atoms with Gasteiger partial charge in [-0.3, -0.25) is 9.88 Å². The van der Waals surface area contributed by atoms with Crippen molar-refractivity contribution in [2.45, 2.75) is 51.6 Å². The molecule has 1 saturated carbocycles. The van der Waals surface area contributed by atoms with Gasteiger partial charge in [0.2, 0.25) is 0 Å². The SMILES string of the molecule is Cc1ncccc1CNCC1CC(c2ccc(CN3CCCC3)cc2)C1. The molecule has 2 fully saturated rings. The highest BCUT2D eigenvalue weighted by Crippen LogP contribution is 2.41. The zero-order valence-electron chi connectivity index (χ0n) is 16.0. The molecule has 0 radical (unpaired) electrons. The molecule has 1 aliphatic carbocycles. The highest BCUT2D eigenvalue weighted by molar-refractivity contribution is 5.27. The Bertz CT molecular complexity index is 698. The Kier molecular flexibility index (Phi) is 5.66. The maximum atomic E-state index is 4.36. The van der Waals surface area contributed by atoms with Gasteiger partial charge in [0.1, 0.15) is 0 Å². The van der Waals surface area contributed by atoms with E-state index in [1.807, 2.05) is 12.3 Å². The maximum absolute atomic E-state index is 4.36. The van der Waals surface area contributed by atoms with Crippen LogP contribution in [0.15, 0.2) is 42.6 Å². The molecule has 138 valence electrons. The summed E-state index contributed by atoms with van der Waals surface area (Å²) in [5.41, 5.74) is 5.46. The van der Waals surface area contributed by atoms with Gasteiger partial charge in [-0.05, 0) is 86.8 Å². The van der Waals surface area contributed by atoms with Crippen molar-refractivity contribution in [1.29, 1.82) is 0 Å². The van der Waals surface area contributed by atoms with Gasteiger partial charge in [-0.1, -0.05) is 30.3 Å². The van der Waals surface area contributed by atoms with Crippen LogP contribution in [0.5, 0.6) is 0 Å². The smallest absolute Gasteiger partial charge is 0.0417 e. The molecule has 0 bridgehead atoms. The number of pyridine rings is 1. The van der Waals surface area contributed by atoms with Crippen LogP contribution in [0.25, 0.3) is 0 Å². The topological polar surface area (TPSA) is 28.2 Å². The van der Waals surface area contributed by atoms with E-state index in [-0.39, 0.29) is 0 Å². The molecule has 2 aliphatic rings. The van der Waals surface area contributed by atoms with Crippen molar-refractivity contribution in [3.8, 4) is 0 Å². The first-order valence-corrected chi connectivity index (χ1v) is 10.2. The minimum atomic E-state index is 0.766. The van der Waals surface area contributed by atoms with Gasteiger partial charge in [-0.25, -0.2) is 0 Å². The summed E-state index contributed by atoms with van der Waals surface area (Å²) in [6.45, 7) is 7.83. The molecular formula is C23H31N3. The third-order valence-corrected chi connectivity index (χ3v) is 6.16. The van der Waals surface area contributed by atoms with Crippen molar-refractivity contribution in [3.05, 3.63) is 65.0 Å². The molecule has 0 atom stereocenters. The summed E-state index contributed by atoms with van der Waals surface area (Å²) >= 11 is 0. The number of hydrogen-bond donors (Lipinski definition) is 1. The molecule has 0 amide bonds. The van der Waals surface area contributed by atoms with Gasteiger partial charge in [0.25, 0.3) is 0 Å². The summed E-state index contributed by atoms with van der Waals surface area (Å²) in [7, 11) is 0. The van der Waals surface area contributed by atoms with Gasteiger partial charge < -0.3 is 5.32 Å². The normalized spacial score (nSPS) is 23.1. The highest BCUT2D eigenvalue weighted by atomic mass is 15.1. The van der Waals surface area contributed by atoms with Crippen LogP contribution in [0.3, 0.4) is 0 Å².